The van der Waals surface area contributed by atoms with Crippen LogP contribution in [-0.2, 0) is 10.0 Å². The van der Waals surface area contributed by atoms with E-state index in [1.165, 1.54) is 7.05 Å². The number of sulfonamides is 1. The molecular formula is C13H16N2O3S. The van der Waals surface area contributed by atoms with E-state index in [0.717, 1.165) is 9.69 Å². The van der Waals surface area contributed by atoms with Crippen LogP contribution in [0.4, 0.5) is 0 Å². The minimum atomic E-state index is -3.62. The molecule has 0 fully saturated rings. The van der Waals surface area contributed by atoms with E-state index in [2.05, 4.69) is 4.98 Å². The second-order valence-electron chi connectivity index (χ2n) is 4.49. The Bertz CT molecular complexity index is 678. The van der Waals surface area contributed by atoms with E-state index in [1.54, 1.807) is 37.5 Å². The summed E-state index contributed by atoms with van der Waals surface area (Å²) in [5.74, 6) is 0. The molecule has 2 aromatic rings. The molecule has 0 spiro atoms. The van der Waals surface area contributed by atoms with Crippen LogP contribution in [0.5, 0.6) is 0 Å². The van der Waals surface area contributed by atoms with E-state index in [0.29, 0.717) is 5.39 Å². The quantitative estimate of drug-likeness (QED) is 0.914. The van der Waals surface area contributed by atoms with Gasteiger partial charge in [-0.1, -0.05) is 12.1 Å². The van der Waals surface area contributed by atoms with Crippen LogP contribution >= 0.6 is 0 Å². The Hall–Kier alpha value is -1.50. The van der Waals surface area contributed by atoms with Crippen molar-refractivity contribution in [2.75, 3.05) is 13.6 Å². The van der Waals surface area contributed by atoms with Gasteiger partial charge >= 0.3 is 0 Å². The van der Waals surface area contributed by atoms with Crippen LogP contribution in [0.15, 0.2) is 41.6 Å². The number of hydrogen-bond donors (Lipinski definition) is 1. The molecule has 0 aliphatic carbocycles. The van der Waals surface area contributed by atoms with E-state index < -0.39 is 16.1 Å². The minimum Gasteiger partial charge on any atom is -0.392 e. The highest BCUT2D eigenvalue weighted by Gasteiger charge is 2.23. The van der Waals surface area contributed by atoms with Crippen molar-refractivity contribution in [2.24, 2.45) is 0 Å². The zero-order chi connectivity index (χ0) is 14.0. The number of aliphatic hydroxyl groups excluding tert-OH is 1. The van der Waals surface area contributed by atoms with Gasteiger partial charge in [0.25, 0.3) is 0 Å². The average molecular weight is 280 g/mol. The van der Waals surface area contributed by atoms with Gasteiger partial charge in [0.1, 0.15) is 0 Å². The molecule has 1 N–H and O–H groups in total. The van der Waals surface area contributed by atoms with Crippen LogP contribution < -0.4 is 0 Å². The van der Waals surface area contributed by atoms with Crippen molar-refractivity contribution < 1.29 is 13.5 Å². The second-order valence-corrected chi connectivity index (χ2v) is 6.50. The van der Waals surface area contributed by atoms with Crippen LogP contribution in [0.3, 0.4) is 0 Å². The molecule has 0 saturated carbocycles. The van der Waals surface area contributed by atoms with Crippen molar-refractivity contribution >= 4 is 20.8 Å². The lowest BCUT2D eigenvalue weighted by molar-refractivity contribution is 0.171. The number of fused-ring (bicyclic) bond motifs is 1. The highest BCUT2D eigenvalue weighted by Crippen LogP contribution is 2.24. The van der Waals surface area contributed by atoms with Gasteiger partial charge in [-0.2, -0.15) is 4.31 Å². The highest BCUT2D eigenvalue weighted by atomic mass is 32.2. The predicted molar refractivity (Wildman–Crippen MR) is 73.2 cm³/mol. The van der Waals surface area contributed by atoms with Gasteiger partial charge in [-0.15, -0.1) is 0 Å². The summed E-state index contributed by atoms with van der Waals surface area (Å²) in [6.45, 7) is 1.61. The zero-order valence-electron chi connectivity index (χ0n) is 10.8. The molecule has 19 heavy (non-hydrogen) atoms. The van der Waals surface area contributed by atoms with Gasteiger partial charge in [0.05, 0.1) is 11.0 Å². The molecule has 0 bridgehead atoms. The molecule has 0 aliphatic rings. The van der Waals surface area contributed by atoms with Crippen molar-refractivity contribution in [1.29, 1.82) is 0 Å². The molecule has 5 nitrogen and oxygen atoms in total. The van der Waals surface area contributed by atoms with E-state index in [9.17, 15) is 13.5 Å². The fraction of sp³-hybridized carbons (Fsp3) is 0.308. The third-order valence-corrected chi connectivity index (χ3v) is 4.73. The molecule has 1 atom stereocenters. The Labute approximate surface area is 112 Å². The topological polar surface area (TPSA) is 70.5 Å². The van der Waals surface area contributed by atoms with Crippen molar-refractivity contribution in [1.82, 2.24) is 9.29 Å². The van der Waals surface area contributed by atoms with E-state index >= 15 is 0 Å². The molecule has 1 heterocycles. The van der Waals surface area contributed by atoms with Crippen molar-refractivity contribution in [3.05, 3.63) is 36.7 Å². The molecule has 0 saturated heterocycles. The molecule has 102 valence electrons. The molecule has 0 radical (unpaired) electrons. The first-order valence-electron chi connectivity index (χ1n) is 5.90. The first kappa shape index (κ1) is 13.9. The van der Waals surface area contributed by atoms with Gasteiger partial charge in [-0.05, 0) is 19.1 Å². The second kappa shape index (κ2) is 5.24. The molecule has 1 aromatic carbocycles. The van der Waals surface area contributed by atoms with Crippen LogP contribution in [0.1, 0.15) is 6.92 Å². The molecule has 0 aliphatic heterocycles. The fourth-order valence-electron chi connectivity index (χ4n) is 1.96. The first-order valence-corrected chi connectivity index (χ1v) is 7.34. The fourth-order valence-corrected chi connectivity index (χ4v) is 3.42. The summed E-state index contributed by atoms with van der Waals surface area (Å²) in [7, 11) is -2.15. The minimum absolute atomic E-state index is 0.0593. The summed E-state index contributed by atoms with van der Waals surface area (Å²) in [5.41, 5.74) is 0. The predicted octanol–water partition coefficient (Wildman–Crippen LogP) is 1.24. The SMILES string of the molecule is CC(O)CN(C)S(=O)(=O)c1cccc2cnccc12. The Morgan fingerprint density at radius 2 is 2.11 bits per heavy atom. The first-order chi connectivity index (χ1) is 8.93. The van der Waals surface area contributed by atoms with E-state index in [4.69, 9.17) is 0 Å². The number of nitrogens with zero attached hydrogens (tertiary/aromatic N) is 2. The van der Waals surface area contributed by atoms with Crippen LogP contribution in [0, 0.1) is 0 Å². The Balaban J connectivity index is 2.55. The smallest absolute Gasteiger partial charge is 0.243 e. The maximum absolute atomic E-state index is 12.5. The third kappa shape index (κ3) is 2.75. The normalized spacial score (nSPS) is 13.9. The molecule has 1 unspecified atom stereocenters. The third-order valence-electron chi connectivity index (χ3n) is 2.85. The number of pyridine rings is 1. The largest absolute Gasteiger partial charge is 0.392 e. The molecule has 6 heteroatoms. The average Bonchev–Trinajstić information content (AvgIpc) is 2.37. The standard InChI is InChI=1S/C13H16N2O3S/c1-10(16)9-15(2)19(17,18)13-5-3-4-11-8-14-7-6-12(11)13/h3-8,10,16H,9H2,1-2H3. The summed E-state index contributed by atoms with van der Waals surface area (Å²) >= 11 is 0. The van der Waals surface area contributed by atoms with Crippen LogP contribution in [0.2, 0.25) is 0 Å². The zero-order valence-corrected chi connectivity index (χ0v) is 11.6. The maximum Gasteiger partial charge on any atom is 0.243 e. The van der Waals surface area contributed by atoms with Gasteiger partial charge in [-0.25, -0.2) is 8.42 Å². The van der Waals surface area contributed by atoms with Gasteiger partial charge in [0.15, 0.2) is 0 Å². The van der Waals surface area contributed by atoms with Crippen LogP contribution in [-0.4, -0.2) is 42.5 Å². The highest BCUT2D eigenvalue weighted by molar-refractivity contribution is 7.89. The number of aromatic nitrogens is 1. The molecule has 1 aromatic heterocycles. The summed E-state index contributed by atoms with van der Waals surface area (Å²) in [6, 6.07) is 6.75. The van der Waals surface area contributed by atoms with Crippen molar-refractivity contribution in [3.63, 3.8) is 0 Å². The lowest BCUT2D eigenvalue weighted by Gasteiger charge is -2.19. The number of likely N-dealkylation sites (N-methyl/N-ethyl adjacent to an activating group) is 1. The number of benzene rings is 1. The lowest BCUT2D eigenvalue weighted by atomic mass is 10.2. The van der Waals surface area contributed by atoms with E-state index in [-0.39, 0.29) is 11.4 Å². The van der Waals surface area contributed by atoms with Crippen molar-refractivity contribution in [3.8, 4) is 0 Å². The van der Waals surface area contributed by atoms with Gasteiger partial charge in [0.2, 0.25) is 10.0 Å². The monoisotopic (exact) mass is 280 g/mol. The van der Waals surface area contributed by atoms with E-state index in [1.807, 2.05) is 6.07 Å². The Morgan fingerprint density at radius 1 is 1.37 bits per heavy atom. The Kier molecular flexibility index (Phi) is 3.84. The summed E-state index contributed by atoms with van der Waals surface area (Å²) < 4.78 is 26.1. The molecule has 2 rings (SSSR count). The lowest BCUT2D eigenvalue weighted by Crippen LogP contribution is -2.33. The summed E-state index contributed by atoms with van der Waals surface area (Å²) in [4.78, 5) is 4.21. The maximum atomic E-state index is 12.5. The van der Waals surface area contributed by atoms with Gasteiger partial charge in [-0.3, -0.25) is 4.98 Å². The molecule has 0 amide bonds. The summed E-state index contributed by atoms with van der Waals surface area (Å²) in [6.07, 6.45) is 2.48. The van der Waals surface area contributed by atoms with Crippen molar-refractivity contribution in [2.45, 2.75) is 17.9 Å². The van der Waals surface area contributed by atoms with Crippen LogP contribution in [0.25, 0.3) is 10.8 Å². The Morgan fingerprint density at radius 3 is 2.79 bits per heavy atom. The number of aliphatic hydroxyl groups is 1. The number of rotatable bonds is 4. The molecular weight excluding hydrogens is 264 g/mol. The van der Waals surface area contributed by atoms with Gasteiger partial charge < -0.3 is 5.11 Å². The summed E-state index contributed by atoms with van der Waals surface area (Å²) in [5, 5.41) is 10.7. The van der Waals surface area contributed by atoms with Gasteiger partial charge in [0, 0.05) is 36.8 Å². The number of hydrogen-bond acceptors (Lipinski definition) is 4.